The van der Waals surface area contributed by atoms with Gasteiger partial charge in [0.05, 0.1) is 5.75 Å². The molecule has 0 bridgehead atoms. The first kappa shape index (κ1) is 17.7. The van der Waals surface area contributed by atoms with E-state index in [1.807, 2.05) is 58.9 Å². The zero-order valence-corrected chi connectivity index (χ0v) is 15.3. The molecule has 0 aliphatic rings. The van der Waals surface area contributed by atoms with Gasteiger partial charge in [-0.1, -0.05) is 51.5 Å². The van der Waals surface area contributed by atoms with Crippen LogP contribution in [0.15, 0.2) is 29.4 Å². The van der Waals surface area contributed by atoms with Crippen LogP contribution in [0.2, 0.25) is 0 Å². The first-order valence-electron chi connectivity index (χ1n) is 7.87. The maximum absolute atomic E-state index is 12.7. The lowest BCUT2D eigenvalue weighted by Crippen LogP contribution is -2.24. The van der Waals surface area contributed by atoms with Crippen LogP contribution in [0, 0.1) is 12.3 Å². The zero-order chi connectivity index (χ0) is 17.3. The molecule has 0 fully saturated rings. The molecule has 1 aromatic carbocycles. The normalized spacial score (nSPS) is 12.6. The van der Waals surface area contributed by atoms with Gasteiger partial charge in [0, 0.05) is 12.1 Å². The average Bonchev–Trinajstić information content (AvgIpc) is 2.81. The van der Waals surface area contributed by atoms with Crippen LogP contribution in [0.4, 0.5) is 0 Å². The molecule has 1 aromatic heterocycles. The number of hydrogen-bond donors (Lipinski definition) is 0. The van der Waals surface area contributed by atoms with Crippen LogP contribution in [-0.4, -0.2) is 28.9 Å². The number of sulfone groups is 1. The Labute approximate surface area is 138 Å². The highest BCUT2D eigenvalue weighted by atomic mass is 32.2. The average molecular weight is 335 g/mol. The molecule has 5 nitrogen and oxygen atoms in total. The Morgan fingerprint density at radius 2 is 1.87 bits per heavy atom. The molecular weight excluding hydrogens is 310 g/mol. The van der Waals surface area contributed by atoms with Gasteiger partial charge in [0.25, 0.3) is 0 Å². The Balaban J connectivity index is 2.55. The minimum absolute atomic E-state index is 0.0513. The van der Waals surface area contributed by atoms with Gasteiger partial charge >= 0.3 is 0 Å². The van der Waals surface area contributed by atoms with Gasteiger partial charge in [-0.3, -0.25) is 4.57 Å². The topological polar surface area (TPSA) is 64.8 Å². The summed E-state index contributed by atoms with van der Waals surface area (Å²) in [7, 11) is -3.48. The number of nitrogens with zero attached hydrogens (tertiary/aromatic N) is 3. The monoisotopic (exact) mass is 335 g/mol. The molecule has 126 valence electrons. The van der Waals surface area contributed by atoms with Crippen molar-refractivity contribution in [1.82, 2.24) is 14.8 Å². The molecule has 0 aliphatic heterocycles. The van der Waals surface area contributed by atoms with Crippen LogP contribution in [0.1, 0.15) is 39.7 Å². The highest BCUT2D eigenvalue weighted by molar-refractivity contribution is 7.91. The van der Waals surface area contributed by atoms with Gasteiger partial charge in [0.15, 0.2) is 5.82 Å². The second-order valence-corrected chi connectivity index (χ2v) is 9.03. The van der Waals surface area contributed by atoms with Crippen LogP contribution >= 0.6 is 0 Å². The SMILES string of the molecule is CCCn1c(-c2cccc(C)c2)nnc1S(=O)(=O)CC(C)(C)C. The number of aromatic nitrogens is 3. The predicted molar refractivity (Wildman–Crippen MR) is 92.0 cm³/mol. The Kier molecular flexibility index (Phi) is 4.94. The van der Waals surface area contributed by atoms with Crippen molar-refractivity contribution >= 4 is 9.84 Å². The summed E-state index contributed by atoms with van der Waals surface area (Å²) in [6.07, 6.45) is 0.814. The Hall–Kier alpha value is -1.69. The van der Waals surface area contributed by atoms with E-state index in [-0.39, 0.29) is 16.3 Å². The van der Waals surface area contributed by atoms with Crippen molar-refractivity contribution in [2.24, 2.45) is 5.41 Å². The zero-order valence-electron chi connectivity index (χ0n) is 14.5. The first-order chi connectivity index (χ1) is 10.6. The van der Waals surface area contributed by atoms with Gasteiger partial charge in [-0.15, -0.1) is 10.2 Å². The van der Waals surface area contributed by atoms with E-state index in [1.165, 1.54) is 0 Å². The fraction of sp³-hybridized carbons (Fsp3) is 0.529. The van der Waals surface area contributed by atoms with E-state index in [0.29, 0.717) is 12.4 Å². The molecule has 23 heavy (non-hydrogen) atoms. The number of rotatable bonds is 5. The number of benzene rings is 1. The van der Waals surface area contributed by atoms with Crippen LogP contribution in [0.25, 0.3) is 11.4 Å². The summed E-state index contributed by atoms with van der Waals surface area (Å²) >= 11 is 0. The summed E-state index contributed by atoms with van der Waals surface area (Å²) in [6.45, 7) is 10.3. The van der Waals surface area contributed by atoms with Crippen molar-refractivity contribution in [2.75, 3.05) is 5.75 Å². The molecule has 0 amide bonds. The molecule has 0 saturated carbocycles. The summed E-state index contributed by atoms with van der Waals surface area (Å²) in [5.41, 5.74) is 1.67. The van der Waals surface area contributed by atoms with Crippen molar-refractivity contribution in [3.63, 3.8) is 0 Å². The van der Waals surface area contributed by atoms with Crippen molar-refractivity contribution in [3.05, 3.63) is 29.8 Å². The van der Waals surface area contributed by atoms with Crippen molar-refractivity contribution in [3.8, 4) is 11.4 Å². The number of hydrogen-bond acceptors (Lipinski definition) is 4. The van der Waals surface area contributed by atoms with E-state index >= 15 is 0 Å². The van der Waals surface area contributed by atoms with Gasteiger partial charge in [-0.2, -0.15) is 0 Å². The molecule has 0 N–H and O–H groups in total. The third kappa shape index (κ3) is 4.19. The van der Waals surface area contributed by atoms with Crippen LogP contribution in [-0.2, 0) is 16.4 Å². The molecule has 0 atom stereocenters. The lowest BCUT2D eigenvalue weighted by molar-refractivity contribution is 0.456. The summed E-state index contributed by atoms with van der Waals surface area (Å²) in [5, 5.41) is 8.27. The summed E-state index contributed by atoms with van der Waals surface area (Å²) < 4.78 is 27.2. The summed E-state index contributed by atoms with van der Waals surface area (Å²) in [4.78, 5) is 0. The minimum Gasteiger partial charge on any atom is -0.298 e. The fourth-order valence-electron chi connectivity index (χ4n) is 2.58. The predicted octanol–water partition coefficient (Wildman–Crippen LogP) is 3.48. The lowest BCUT2D eigenvalue weighted by Gasteiger charge is -2.18. The Morgan fingerprint density at radius 3 is 2.43 bits per heavy atom. The van der Waals surface area contributed by atoms with E-state index in [1.54, 1.807) is 4.57 Å². The quantitative estimate of drug-likeness (QED) is 0.839. The smallest absolute Gasteiger partial charge is 0.250 e. The molecule has 0 spiro atoms. The van der Waals surface area contributed by atoms with Crippen LogP contribution in [0.3, 0.4) is 0 Å². The third-order valence-corrected chi connectivity index (χ3v) is 5.45. The summed E-state index contributed by atoms with van der Waals surface area (Å²) in [5.74, 6) is 0.665. The molecule has 1 heterocycles. The summed E-state index contributed by atoms with van der Waals surface area (Å²) in [6, 6.07) is 7.87. The highest BCUT2D eigenvalue weighted by Crippen LogP contribution is 2.25. The molecule has 2 rings (SSSR count). The largest absolute Gasteiger partial charge is 0.298 e. The van der Waals surface area contributed by atoms with Gasteiger partial charge in [-0.25, -0.2) is 8.42 Å². The van der Waals surface area contributed by atoms with Crippen molar-refractivity contribution < 1.29 is 8.42 Å². The van der Waals surface area contributed by atoms with E-state index in [0.717, 1.165) is 17.5 Å². The minimum atomic E-state index is -3.48. The maximum atomic E-state index is 12.7. The molecule has 0 unspecified atom stereocenters. The van der Waals surface area contributed by atoms with E-state index < -0.39 is 9.84 Å². The molecule has 0 saturated heterocycles. The highest BCUT2D eigenvalue weighted by Gasteiger charge is 2.29. The van der Waals surface area contributed by atoms with Crippen LogP contribution in [0.5, 0.6) is 0 Å². The second-order valence-electron chi connectivity index (χ2n) is 7.15. The molecule has 0 radical (unpaired) electrons. The standard InChI is InChI=1S/C17H25N3O2S/c1-6-10-20-15(14-9-7-8-13(2)11-14)18-19-16(20)23(21,22)12-17(3,4)5/h7-9,11H,6,10,12H2,1-5H3. The fourth-order valence-corrected chi connectivity index (χ4v) is 4.52. The van der Waals surface area contributed by atoms with Gasteiger partial charge in [-0.05, 0) is 24.8 Å². The maximum Gasteiger partial charge on any atom is 0.250 e. The number of aryl methyl sites for hydroxylation is 1. The second kappa shape index (κ2) is 6.43. The van der Waals surface area contributed by atoms with Crippen molar-refractivity contribution in [2.45, 2.75) is 52.7 Å². The van der Waals surface area contributed by atoms with Gasteiger partial charge in [0.1, 0.15) is 0 Å². The molecular formula is C17H25N3O2S. The van der Waals surface area contributed by atoms with Crippen molar-refractivity contribution in [1.29, 1.82) is 0 Å². The van der Waals surface area contributed by atoms with E-state index in [9.17, 15) is 8.42 Å². The Morgan fingerprint density at radius 1 is 1.17 bits per heavy atom. The lowest BCUT2D eigenvalue weighted by atomic mass is 10.0. The molecule has 0 aliphatic carbocycles. The van der Waals surface area contributed by atoms with Crippen LogP contribution < -0.4 is 0 Å². The Bertz CT molecular complexity index is 786. The van der Waals surface area contributed by atoms with Gasteiger partial charge < -0.3 is 0 Å². The van der Waals surface area contributed by atoms with E-state index in [2.05, 4.69) is 10.2 Å². The molecule has 6 heteroatoms. The molecule has 2 aromatic rings. The first-order valence-corrected chi connectivity index (χ1v) is 9.52. The van der Waals surface area contributed by atoms with Gasteiger partial charge in [0.2, 0.25) is 15.0 Å². The van der Waals surface area contributed by atoms with E-state index in [4.69, 9.17) is 0 Å². The third-order valence-electron chi connectivity index (χ3n) is 3.34.